The van der Waals surface area contributed by atoms with Gasteiger partial charge in [0.05, 0.1) is 26.7 Å². The van der Waals surface area contributed by atoms with Gasteiger partial charge in [0.15, 0.2) is 0 Å². The highest BCUT2D eigenvalue weighted by Crippen LogP contribution is 2.31. The summed E-state index contributed by atoms with van der Waals surface area (Å²) in [5.74, 6) is 1.67. The maximum atomic E-state index is 5.43. The fourth-order valence-electron chi connectivity index (χ4n) is 2.12. The van der Waals surface area contributed by atoms with Crippen LogP contribution in [0.1, 0.15) is 17.2 Å². The van der Waals surface area contributed by atoms with Crippen LogP contribution in [0.15, 0.2) is 41.2 Å². The first-order chi connectivity index (χ1) is 9.28. The third-order valence-corrected chi connectivity index (χ3v) is 3.18. The van der Waals surface area contributed by atoms with Gasteiger partial charge in [0.2, 0.25) is 0 Å². The van der Waals surface area contributed by atoms with Crippen LogP contribution >= 0.6 is 0 Å². The van der Waals surface area contributed by atoms with Gasteiger partial charge in [-0.1, -0.05) is 0 Å². The molecule has 2 aromatic rings. The fraction of sp³-hybridized carbons (Fsp3) is 0.333. The molecule has 0 aliphatic rings. The van der Waals surface area contributed by atoms with Crippen molar-refractivity contribution in [2.45, 2.75) is 12.5 Å². The highest BCUT2D eigenvalue weighted by Gasteiger charge is 2.16. The molecule has 1 aromatic heterocycles. The van der Waals surface area contributed by atoms with Gasteiger partial charge in [-0.2, -0.15) is 0 Å². The molecule has 0 radical (unpaired) electrons. The minimum atomic E-state index is 0.141. The second-order valence-corrected chi connectivity index (χ2v) is 4.28. The third kappa shape index (κ3) is 3.09. The third-order valence-electron chi connectivity index (χ3n) is 3.18. The van der Waals surface area contributed by atoms with Crippen molar-refractivity contribution in [1.82, 2.24) is 5.32 Å². The Bertz CT molecular complexity index is 508. The van der Waals surface area contributed by atoms with Crippen LogP contribution in [0.5, 0.6) is 11.5 Å². The van der Waals surface area contributed by atoms with Gasteiger partial charge in [-0.05, 0) is 43.3 Å². The topological polar surface area (TPSA) is 43.6 Å². The molecular weight excluding hydrogens is 242 g/mol. The van der Waals surface area contributed by atoms with E-state index < -0.39 is 0 Å². The number of nitrogens with one attached hydrogen (secondary N) is 1. The molecule has 0 fully saturated rings. The number of hydrogen-bond donors (Lipinski definition) is 1. The molecular formula is C15H19NO3. The average Bonchev–Trinajstić information content (AvgIpc) is 2.97. The van der Waals surface area contributed by atoms with Gasteiger partial charge in [-0.15, -0.1) is 0 Å². The zero-order chi connectivity index (χ0) is 13.7. The van der Waals surface area contributed by atoms with Crippen molar-refractivity contribution in [2.24, 2.45) is 0 Å². The summed E-state index contributed by atoms with van der Waals surface area (Å²) in [7, 11) is 5.27. The molecule has 0 amide bonds. The van der Waals surface area contributed by atoms with Crippen molar-refractivity contribution >= 4 is 0 Å². The van der Waals surface area contributed by atoms with Crippen molar-refractivity contribution in [2.75, 3.05) is 21.3 Å². The van der Waals surface area contributed by atoms with Gasteiger partial charge in [0.25, 0.3) is 0 Å². The van der Waals surface area contributed by atoms with E-state index in [-0.39, 0.29) is 6.04 Å². The van der Waals surface area contributed by atoms with Crippen molar-refractivity contribution in [3.05, 3.63) is 47.9 Å². The number of ether oxygens (including phenoxy) is 2. The molecule has 4 heteroatoms. The molecule has 0 aliphatic heterocycles. The number of furan rings is 1. The van der Waals surface area contributed by atoms with Crippen LogP contribution in [0.2, 0.25) is 0 Å². The Morgan fingerprint density at radius 2 is 2.05 bits per heavy atom. The Balaban J connectivity index is 2.30. The van der Waals surface area contributed by atoms with Gasteiger partial charge >= 0.3 is 0 Å². The average molecular weight is 261 g/mol. The first-order valence-electron chi connectivity index (χ1n) is 6.18. The van der Waals surface area contributed by atoms with Crippen molar-refractivity contribution in [3.63, 3.8) is 0 Å². The lowest BCUT2D eigenvalue weighted by Gasteiger charge is -2.19. The van der Waals surface area contributed by atoms with Gasteiger partial charge < -0.3 is 19.2 Å². The number of hydrogen-bond acceptors (Lipinski definition) is 4. The smallest absolute Gasteiger partial charge is 0.123 e. The molecule has 4 nitrogen and oxygen atoms in total. The van der Waals surface area contributed by atoms with Crippen LogP contribution in [0, 0.1) is 0 Å². The zero-order valence-corrected chi connectivity index (χ0v) is 11.5. The normalized spacial score (nSPS) is 12.2. The van der Waals surface area contributed by atoms with Crippen LogP contribution < -0.4 is 14.8 Å². The lowest BCUT2D eigenvalue weighted by molar-refractivity contribution is 0.391. The summed E-state index contributed by atoms with van der Waals surface area (Å²) in [6.45, 7) is 0. The van der Waals surface area contributed by atoms with Crippen molar-refractivity contribution in [3.8, 4) is 11.5 Å². The van der Waals surface area contributed by atoms with Gasteiger partial charge in [-0.25, -0.2) is 0 Å². The Morgan fingerprint density at radius 3 is 2.63 bits per heavy atom. The van der Waals surface area contributed by atoms with E-state index in [1.807, 2.05) is 31.3 Å². The molecule has 0 bridgehead atoms. The van der Waals surface area contributed by atoms with Gasteiger partial charge in [0.1, 0.15) is 11.5 Å². The SMILES string of the molecule is CNC(Cc1ccoc1)c1cc(OC)ccc1OC. The summed E-state index contributed by atoms with van der Waals surface area (Å²) in [6, 6.07) is 7.93. The van der Waals surface area contributed by atoms with E-state index in [2.05, 4.69) is 5.32 Å². The lowest BCUT2D eigenvalue weighted by atomic mass is 9.99. The minimum absolute atomic E-state index is 0.141. The molecule has 1 N–H and O–H groups in total. The van der Waals surface area contributed by atoms with Gasteiger partial charge in [0, 0.05) is 11.6 Å². The number of rotatable bonds is 6. The van der Waals surface area contributed by atoms with E-state index in [4.69, 9.17) is 13.9 Å². The Labute approximate surface area is 113 Å². The first kappa shape index (κ1) is 13.5. The summed E-state index contributed by atoms with van der Waals surface area (Å²) in [4.78, 5) is 0. The quantitative estimate of drug-likeness (QED) is 0.868. The maximum Gasteiger partial charge on any atom is 0.123 e. The van der Waals surface area contributed by atoms with Crippen LogP contribution in [-0.4, -0.2) is 21.3 Å². The molecule has 1 unspecified atom stereocenters. The van der Waals surface area contributed by atoms with E-state index in [0.29, 0.717) is 0 Å². The predicted octanol–water partition coefficient (Wildman–Crippen LogP) is 2.80. The van der Waals surface area contributed by atoms with E-state index >= 15 is 0 Å². The molecule has 19 heavy (non-hydrogen) atoms. The lowest BCUT2D eigenvalue weighted by Crippen LogP contribution is -2.19. The first-order valence-corrected chi connectivity index (χ1v) is 6.18. The Kier molecular flexibility index (Phi) is 4.47. The minimum Gasteiger partial charge on any atom is -0.497 e. The zero-order valence-electron chi connectivity index (χ0n) is 11.5. The number of benzene rings is 1. The molecule has 2 rings (SSSR count). The highest BCUT2D eigenvalue weighted by molar-refractivity contribution is 5.42. The highest BCUT2D eigenvalue weighted by atomic mass is 16.5. The largest absolute Gasteiger partial charge is 0.497 e. The van der Waals surface area contributed by atoms with Crippen LogP contribution in [0.3, 0.4) is 0 Å². The van der Waals surface area contributed by atoms with Gasteiger partial charge in [-0.3, -0.25) is 0 Å². The Hall–Kier alpha value is -1.94. The van der Waals surface area contributed by atoms with E-state index in [1.54, 1.807) is 26.7 Å². The molecule has 1 aromatic carbocycles. The number of likely N-dealkylation sites (N-methyl/N-ethyl adjacent to an activating group) is 1. The second kappa shape index (κ2) is 6.29. The summed E-state index contributed by atoms with van der Waals surface area (Å²) >= 11 is 0. The summed E-state index contributed by atoms with van der Waals surface area (Å²) in [5.41, 5.74) is 2.22. The summed E-state index contributed by atoms with van der Waals surface area (Å²) in [5, 5.41) is 3.31. The molecule has 1 heterocycles. The van der Waals surface area contributed by atoms with Crippen LogP contribution in [0.25, 0.3) is 0 Å². The predicted molar refractivity (Wildman–Crippen MR) is 73.8 cm³/mol. The standard InChI is InChI=1S/C15H19NO3/c1-16-14(8-11-6-7-19-10-11)13-9-12(17-2)4-5-15(13)18-3/h4-7,9-10,14,16H,8H2,1-3H3. The summed E-state index contributed by atoms with van der Waals surface area (Å²) < 4.78 is 15.8. The van der Waals surface area contributed by atoms with E-state index in [1.165, 1.54) is 0 Å². The number of methoxy groups -OCH3 is 2. The second-order valence-electron chi connectivity index (χ2n) is 4.28. The van der Waals surface area contributed by atoms with Crippen molar-refractivity contribution in [1.29, 1.82) is 0 Å². The van der Waals surface area contributed by atoms with Crippen LogP contribution in [-0.2, 0) is 6.42 Å². The molecule has 0 saturated heterocycles. The van der Waals surface area contributed by atoms with E-state index in [9.17, 15) is 0 Å². The molecule has 1 atom stereocenters. The molecule has 0 spiro atoms. The molecule has 0 aliphatic carbocycles. The summed E-state index contributed by atoms with van der Waals surface area (Å²) in [6.07, 6.45) is 4.28. The van der Waals surface area contributed by atoms with Crippen molar-refractivity contribution < 1.29 is 13.9 Å². The van der Waals surface area contributed by atoms with Crippen LogP contribution in [0.4, 0.5) is 0 Å². The fourth-order valence-corrected chi connectivity index (χ4v) is 2.12. The maximum absolute atomic E-state index is 5.43. The Morgan fingerprint density at radius 1 is 1.21 bits per heavy atom. The van der Waals surface area contributed by atoms with E-state index in [0.717, 1.165) is 29.0 Å². The molecule has 102 valence electrons. The molecule has 0 saturated carbocycles. The monoisotopic (exact) mass is 261 g/mol.